The van der Waals surface area contributed by atoms with E-state index < -0.39 is 5.82 Å². The average molecular weight is 597 g/mol. The van der Waals surface area contributed by atoms with Gasteiger partial charge >= 0.3 is 0 Å². The van der Waals surface area contributed by atoms with Crippen LogP contribution in [0.15, 0.2) is 53.5 Å². The van der Waals surface area contributed by atoms with Crippen molar-refractivity contribution < 1.29 is 9.18 Å². The third kappa shape index (κ3) is 5.76. The Morgan fingerprint density at radius 2 is 1.85 bits per heavy atom. The summed E-state index contributed by atoms with van der Waals surface area (Å²) in [5.74, 6) is -0.0637. The first-order valence-corrected chi connectivity index (χ1v) is 14.9. The van der Waals surface area contributed by atoms with Gasteiger partial charge in [0.2, 0.25) is 0 Å². The molecule has 0 unspecified atom stereocenters. The molecule has 2 aromatic carbocycles. The summed E-state index contributed by atoms with van der Waals surface area (Å²) in [6.45, 7) is 10.8. The van der Waals surface area contributed by atoms with Crippen LogP contribution >= 0.6 is 34.5 Å². The van der Waals surface area contributed by atoms with Gasteiger partial charge in [-0.15, -0.1) is 11.3 Å². The summed E-state index contributed by atoms with van der Waals surface area (Å²) in [4.78, 5) is 19.8. The Morgan fingerprint density at radius 3 is 2.52 bits per heavy atom. The first-order valence-electron chi connectivity index (χ1n) is 13.3. The molecule has 4 aromatic rings. The number of amides is 1. The first-order chi connectivity index (χ1) is 18.9. The van der Waals surface area contributed by atoms with Gasteiger partial charge in [-0.25, -0.2) is 9.38 Å². The zero-order valence-electron chi connectivity index (χ0n) is 23.2. The van der Waals surface area contributed by atoms with Crippen LogP contribution in [0.2, 0.25) is 10.0 Å². The molecule has 0 aliphatic heterocycles. The Labute approximate surface area is 248 Å². The predicted molar refractivity (Wildman–Crippen MR) is 166 cm³/mol. The second-order valence-corrected chi connectivity index (χ2v) is 13.4. The topological polar surface area (TPSA) is 46.4 Å². The molecule has 0 saturated heterocycles. The molecule has 1 amide bonds. The van der Waals surface area contributed by atoms with Gasteiger partial charge < -0.3 is 9.88 Å². The van der Waals surface area contributed by atoms with E-state index in [9.17, 15) is 9.18 Å². The molecule has 40 heavy (non-hydrogen) atoms. The Hall–Kier alpha value is -2.93. The van der Waals surface area contributed by atoms with Crippen molar-refractivity contribution in [1.82, 2.24) is 4.57 Å². The number of nitrogens with one attached hydrogen (secondary N) is 1. The largest absolute Gasteiger partial charge is 0.322 e. The maximum absolute atomic E-state index is 13.8. The number of carbonyl (C=O) groups excluding carboxylic acids is 1. The van der Waals surface area contributed by atoms with Crippen molar-refractivity contribution in [2.45, 2.75) is 53.9 Å². The summed E-state index contributed by atoms with van der Waals surface area (Å²) >= 11 is 13.7. The van der Waals surface area contributed by atoms with E-state index in [1.165, 1.54) is 10.9 Å². The van der Waals surface area contributed by atoms with Crippen molar-refractivity contribution in [3.63, 3.8) is 0 Å². The molecule has 1 aliphatic carbocycles. The molecule has 0 fully saturated rings. The fraction of sp³-hybridized carbons (Fsp3) is 0.312. The Morgan fingerprint density at radius 1 is 1.12 bits per heavy atom. The van der Waals surface area contributed by atoms with Crippen LogP contribution in [0, 0.1) is 31.0 Å². The maximum Gasteiger partial charge on any atom is 0.259 e. The van der Waals surface area contributed by atoms with Crippen LogP contribution in [0.5, 0.6) is 0 Å². The van der Waals surface area contributed by atoms with Crippen molar-refractivity contribution in [2.75, 3.05) is 5.32 Å². The van der Waals surface area contributed by atoms with Gasteiger partial charge in [0.15, 0.2) is 0 Å². The van der Waals surface area contributed by atoms with Crippen LogP contribution in [0.3, 0.4) is 0 Å². The third-order valence-electron chi connectivity index (χ3n) is 7.75. The fourth-order valence-corrected chi connectivity index (χ4v) is 7.00. The van der Waals surface area contributed by atoms with Crippen LogP contribution in [0.25, 0.3) is 5.69 Å². The number of aromatic nitrogens is 1. The van der Waals surface area contributed by atoms with E-state index in [1.54, 1.807) is 47.7 Å². The minimum atomic E-state index is -0.450. The van der Waals surface area contributed by atoms with E-state index in [4.69, 9.17) is 28.2 Å². The lowest BCUT2D eigenvalue weighted by atomic mass is 9.72. The second-order valence-electron chi connectivity index (χ2n) is 11.5. The van der Waals surface area contributed by atoms with Crippen LogP contribution in [-0.2, 0) is 12.8 Å². The molecule has 8 heteroatoms. The zero-order valence-corrected chi connectivity index (χ0v) is 25.6. The number of carbonyl (C=O) groups is 1. The Bertz CT molecular complexity index is 1610. The molecule has 0 radical (unpaired) electrons. The molecule has 0 saturated carbocycles. The van der Waals surface area contributed by atoms with Gasteiger partial charge in [-0.2, -0.15) is 0 Å². The van der Waals surface area contributed by atoms with Gasteiger partial charge in [-0.1, -0.05) is 44.0 Å². The summed E-state index contributed by atoms with van der Waals surface area (Å²) in [5, 5.41) is 4.45. The molecule has 1 N–H and O–H groups in total. The highest BCUT2D eigenvalue weighted by Crippen LogP contribution is 2.45. The van der Waals surface area contributed by atoms with E-state index in [2.05, 4.69) is 26.1 Å². The molecule has 2 aromatic heterocycles. The zero-order chi connectivity index (χ0) is 28.8. The van der Waals surface area contributed by atoms with E-state index in [0.29, 0.717) is 27.2 Å². The number of thiophene rings is 1. The second kappa shape index (κ2) is 11.2. The number of halogens is 3. The molecule has 208 valence electrons. The van der Waals surface area contributed by atoms with Crippen LogP contribution < -0.4 is 5.32 Å². The lowest BCUT2D eigenvalue weighted by Crippen LogP contribution is -2.27. The molecule has 4 nitrogen and oxygen atoms in total. The van der Waals surface area contributed by atoms with Gasteiger partial charge in [0, 0.05) is 44.4 Å². The number of benzene rings is 2. The smallest absolute Gasteiger partial charge is 0.259 e. The van der Waals surface area contributed by atoms with Crippen molar-refractivity contribution in [3.05, 3.63) is 97.3 Å². The lowest BCUT2D eigenvalue weighted by molar-refractivity contribution is 0.102. The first kappa shape index (κ1) is 28.6. The lowest BCUT2D eigenvalue weighted by Gasteiger charge is -2.33. The number of nitrogens with zero attached hydrogens (tertiary/aromatic N) is 2. The molecule has 1 aliphatic rings. The number of anilines is 1. The molecule has 1 atom stereocenters. The highest BCUT2D eigenvalue weighted by Gasteiger charge is 2.33. The monoisotopic (exact) mass is 595 g/mol. The van der Waals surface area contributed by atoms with E-state index >= 15 is 0 Å². The average Bonchev–Trinajstić information content (AvgIpc) is 3.40. The van der Waals surface area contributed by atoms with Gasteiger partial charge in [-0.3, -0.25) is 4.79 Å². The number of fused-ring (bicyclic) bond motifs is 1. The number of aryl methyl sites for hydroxylation is 1. The number of hydrogen-bond acceptors (Lipinski definition) is 3. The van der Waals surface area contributed by atoms with Crippen molar-refractivity contribution in [3.8, 4) is 5.69 Å². The van der Waals surface area contributed by atoms with Gasteiger partial charge in [0.1, 0.15) is 10.8 Å². The Balaban J connectivity index is 1.52. The van der Waals surface area contributed by atoms with Gasteiger partial charge in [0.05, 0.1) is 10.6 Å². The normalized spacial score (nSPS) is 15.4. The summed E-state index contributed by atoms with van der Waals surface area (Å²) in [5.41, 5.74) is 6.26. The standard InChI is InChI=1S/C32H32Cl2FN3OS/c1-18-14-20(19(2)38(18)24-11-13-27(35)26(34)16-24)17-36-31-29(30(39)37-23-9-7-22(33)8-10-23)25-12-6-21(32(3,4)5)15-28(25)40-31/h7-11,13-14,16-17,21H,6,12,15H2,1-5H3,(H,37,39)/t21-/m0/s1. The van der Waals surface area contributed by atoms with E-state index in [-0.39, 0.29) is 16.3 Å². The molecule has 0 bridgehead atoms. The third-order valence-corrected chi connectivity index (χ3v) is 9.46. The predicted octanol–water partition coefficient (Wildman–Crippen LogP) is 9.76. The summed E-state index contributed by atoms with van der Waals surface area (Å²) in [6.07, 6.45) is 4.66. The van der Waals surface area contributed by atoms with Gasteiger partial charge in [-0.05, 0) is 98.5 Å². The number of aliphatic imine (C=N–C) groups is 1. The highest BCUT2D eigenvalue weighted by molar-refractivity contribution is 7.16. The molecule has 2 heterocycles. The van der Waals surface area contributed by atoms with Crippen molar-refractivity contribution in [2.24, 2.45) is 16.3 Å². The van der Waals surface area contributed by atoms with Crippen molar-refractivity contribution in [1.29, 1.82) is 0 Å². The van der Waals surface area contributed by atoms with E-state index in [1.807, 2.05) is 30.7 Å². The Kier molecular flexibility index (Phi) is 7.97. The van der Waals surface area contributed by atoms with Crippen LogP contribution in [0.1, 0.15) is 64.9 Å². The minimum absolute atomic E-state index is 0.0780. The quantitative estimate of drug-likeness (QED) is 0.229. The SMILES string of the molecule is Cc1cc(C=Nc2sc3c(c2C(=O)Nc2ccc(Cl)cc2)CC[C@H](C(C)(C)C)C3)c(C)n1-c1ccc(F)c(Cl)c1. The number of rotatable bonds is 5. The van der Waals surface area contributed by atoms with Crippen LogP contribution in [0.4, 0.5) is 15.1 Å². The molecule has 5 rings (SSSR count). The molecule has 0 spiro atoms. The highest BCUT2D eigenvalue weighted by atomic mass is 35.5. The fourth-order valence-electron chi connectivity index (χ4n) is 5.43. The summed E-state index contributed by atoms with van der Waals surface area (Å²) in [7, 11) is 0. The summed E-state index contributed by atoms with van der Waals surface area (Å²) in [6, 6.07) is 13.9. The summed E-state index contributed by atoms with van der Waals surface area (Å²) < 4.78 is 15.8. The minimum Gasteiger partial charge on any atom is -0.322 e. The molecular weight excluding hydrogens is 564 g/mol. The van der Waals surface area contributed by atoms with Gasteiger partial charge in [0.25, 0.3) is 5.91 Å². The van der Waals surface area contributed by atoms with Crippen molar-refractivity contribution >= 4 is 57.3 Å². The van der Waals surface area contributed by atoms with Crippen LogP contribution in [-0.4, -0.2) is 16.7 Å². The van der Waals surface area contributed by atoms with E-state index in [0.717, 1.165) is 47.5 Å². The molecular formula is C32H32Cl2FN3OS. The number of hydrogen-bond donors (Lipinski definition) is 1. The maximum atomic E-state index is 13.8.